The van der Waals surface area contributed by atoms with E-state index in [1.165, 1.54) is 122 Å². The molecular weight excluding hydrogens is 436 g/mol. The van der Waals surface area contributed by atoms with E-state index in [0.717, 1.165) is 34.6 Å². The predicted octanol–water partition coefficient (Wildman–Crippen LogP) is 10.9. The van der Waals surface area contributed by atoms with E-state index in [9.17, 15) is 10.2 Å². The Morgan fingerprint density at radius 2 is 1.00 bits per heavy atom. The third-order valence-corrected chi connectivity index (χ3v) is 8.38. The second-order valence-electron chi connectivity index (χ2n) is 10.3. The van der Waals surface area contributed by atoms with Crippen molar-refractivity contribution in [3.05, 3.63) is 17.2 Å². The Kier molecular flexibility index (Phi) is 19.7. The molecule has 0 fully saturated rings. The smallest absolute Gasteiger partial charge is 0.132 e. The van der Waals surface area contributed by atoms with Gasteiger partial charge in [0.05, 0.1) is 4.90 Å². The molecule has 0 amide bonds. The van der Waals surface area contributed by atoms with E-state index in [-0.39, 0.29) is 0 Å². The van der Waals surface area contributed by atoms with Crippen LogP contribution in [0, 0.1) is 6.92 Å². The summed E-state index contributed by atoms with van der Waals surface area (Å²) in [6.07, 6.45) is 27.5. The van der Waals surface area contributed by atoms with Crippen molar-refractivity contribution in [1.29, 1.82) is 0 Å². The highest BCUT2D eigenvalue weighted by molar-refractivity contribution is 7.99. The van der Waals surface area contributed by atoms with Crippen molar-refractivity contribution in [2.75, 3.05) is 5.75 Å². The quantitative estimate of drug-likeness (QED) is 0.0906. The molecule has 198 valence electrons. The summed E-state index contributed by atoms with van der Waals surface area (Å²) in [7, 11) is 0. The number of unbranched alkanes of at least 4 members (excludes halogenated alkanes) is 18. The SMILES string of the molecule is CCCCCCCCCCCCCCCCc1cc(O)c(C)c(SCCCCCCCC)c1O. The van der Waals surface area contributed by atoms with Crippen LogP contribution in [0.3, 0.4) is 0 Å². The van der Waals surface area contributed by atoms with Crippen molar-refractivity contribution in [3.63, 3.8) is 0 Å². The molecule has 0 bridgehead atoms. The van der Waals surface area contributed by atoms with E-state index in [1.54, 1.807) is 17.8 Å². The molecule has 0 atom stereocenters. The van der Waals surface area contributed by atoms with Gasteiger partial charge in [-0.05, 0) is 43.6 Å². The zero-order chi connectivity index (χ0) is 24.9. The topological polar surface area (TPSA) is 40.5 Å². The molecule has 2 nitrogen and oxygen atoms in total. The summed E-state index contributed by atoms with van der Waals surface area (Å²) in [5.74, 6) is 1.77. The van der Waals surface area contributed by atoms with E-state index in [2.05, 4.69) is 13.8 Å². The normalized spacial score (nSPS) is 11.4. The average Bonchev–Trinajstić information content (AvgIpc) is 2.83. The van der Waals surface area contributed by atoms with Crippen molar-refractivity contribution >= 4 is 11.8 Å². The number of thioether (sulfide) groups is 1. The third-order valence-electron chi connectivity index (χ3n) is 7.10. The van der Waals surface area contributed by atoms with Gasteiger partial charge in [0.1, 0.15) is 11.5 Å². The predicted molar refractivity (Wildman–Crippen MR) is 153 cm³/mol. The Labute approximate surface area is 216 Å². The average molecular weight is 493 g/mol. The van der Waals surface area contributed by atoms with Gasteiger partial charge in [-0.25, -0.2) is 0 Å². The molecular formula is C31H56O2S. The first-order valence-corrected chi connectivity index (χ1v) is 15.8. The first-order valence-electron chi connectivity index (χ1n) is 14.8. The van der Waals surface area contributed by atoms with Gasteiger partial charge in [0.25, 0.3) is 0 Å². The number of rotatable bonds is 23. The molecule has 0 radical (unpaired) electrons. The molecule has 0 aliphatic rings. The highest BCUT2D eigenvalue weighted by Crippen LogP contribution is 2.40. The van der Waals surface area contributed by atoms with Crippen LogP contribution in [0.4, 0.5) is 0 Å². The highest BCUT2D eigenvalue weighted by Gasteiger charge is 2.15. The minimum absolute atomic E-state index is 0.337. The van der Waals surface area contributed by atoms with Crippen LogP contribution in [0.2, 0.25) is 0 Å². The summed E-state index contributed by atoms with van der Waals surface area (Å²) >= 11 is 1.72. The van der Waals surface area contributed by atoms with E-state index in [1.807, 2.05) is 6.92 Å². The van der Waals surface area contributed by atoms with Gasteiger partial charge >= 0.3 is 0 Å². The molecule has 0 spiro atoms. The lowest BCUT2D eigenvalue weighted by Crippen LogP contribution is -1.93. The molecule has 34 heavy (non-hydrogen) atoms. The molecule has 1 aromatic rings. The molecule has 1 aromatic carbocycles. The fraction of sp³-hybridized carbons (Fsp3) is 0.806. The summed E-state index contributed by atoms with van der Waals surface area (Å²) < 4.78 is 0. The Bertz CT molecular complexity index is 614. The highest BCUT2D eigenvalue weighted by atomic mass is 32.2. The van der Waals surface area contributed by atoms with Crippen LogP contribution in [-0.4, -0.2) is 16.0 Å². The second-order valence-corrected chi connectivity index (χ2v) is 11.4. The van der Waals surface area contributed by atoms with Crippen molar-refractivity contribution in [2.24, 2.45) is 0 Å². The van der Waals surface area contributed by atoms with Gasteiger partial charge in [0, 0.05) is 5.56 Å². The van der Waals surface area contributed by atoms with Crippen LogP contribution in [0.1, 0.15) is 153 Å². The van der Waals surface area contributed by atoms with Crippen LogP contribution in [0.5, 0.6) is 11.5 Å². The van der Waals surface area contributed by atoms with Crippen molar-refractivity contribution in [1.82, 2.24) is 0 Å². The van der Waals surface area contributed by atoms with Crippen molar-refractivity contribution < 1.29 is 10.2 Å². The van der Waals surface area contributed by atoms with E-state index < -0.39 is 0 Å². The van der Waals surface area contributed by atoms with Crippen LogP contribution in [0.15, 0.2) is 11.0 Å². The van der Waals surface area contributed by atoms with Gasteiger partial charge < -0.3 is 10.2 Å². The summed E-state index contributed by atoms with van der Waals surface area (Å²) in [5.41, 5.74) is 1.76. The number of hydrogen-bond donors (Lipinski definition) is 2. The summed E-state index contributed by atoms with van der Waals surface area (Å²) in [4.78, 5) is 0.897. The first-order chi connectivity index (χ1) is 16.6. The lowest BCUT2D eigenvalue weighted by atomic mass is 10.0. The molecule has 0 saturated carbocycles. The van der Waals surface area contributed by atoms with Crippen molar-refractivity contribution in [2.45, 2.75) is 161 Å². The van der Waals surface area contributed by atoms with Gasteiger partial charge in [-0.1, -0.05) is 129 Å². The van der Waals surface area contributed by atoms with Gasteiger partial charge in [-0.2, -0.15) is 0 Å². The van der Waals surface area contributed by atoms with Crippen LogP contribution in [-0.2, 0) is 6.42 Å². The molecule has 2 N–H and O–H groups in total. The van der Waals surface area contributed by atoms with Crippen LogP contribution in [0.25, 0.3) is 0 Å². The molecule has 1 rings (SSSR count). The largest absolute Gasteiger partial charge is 0.508 e. The monoisotopic (exact) mass is 492 g/mol. The Morgan fingerprint density at radius 1 is 0.588 bits per heavy atom. The van der Waals surface area contributed by atoms with Gasteiger partial charge in [0.2, 0.25) is 0 Å². The number of hydrogen-bond acceptors (Lipinski definition) is 3. The third kappa shape index (κ3) is 14.5. The Hall–Kier alpha value is -0.830. The standard InChI is InChI=1S/C31H56O2S/c1-4-6-8-10-12-13-14-15-16-17-18-19-20-22-24-28-26-29(32)27(3)31(30(28)33)34-25-23-21-11-9-7-5-2/h26,32-33H,4-25H2,1-3H3. The van der Waals surface area contributed by atoms with Gasteiger partial charge in [-0.3, -0.25) is 0 Å². The fourth-order valence-electron chi connectivity index (χ4n) is 4.72. The van der Waals surface area contributed by atoms with Crippen LogP contribution < -0.4 is 0 Å². The molecule has 0 unspecified atom stereocenters. The molecule has 0 saturated heterocycles. The van der Waals surface area contributed by atoms with E-state index in [4.69, 9.17) is 0 Å². The Morgan fingerprint density at radius 3 is 1.47 bits per heavy atom. The maximum absolute atomic E-state index is 10.8. The number of aromatic hydroxyl groups is 2. The summed E-state index contributed by atoms with van der Waals surface area (Å²) in [5, 5.41) is 21.2. The van der Waals surface area contributed by atoms with E-state index >= 15 is 0 Å². The molecule has 0 aliphatic heterocycles. The van der Waals surface area contributed by atoms with Gasteiger partial charge in [-0.15, -0.1) is 11.8 Å². The number of phenolic OH excluding ortho intramolecular Hbond substituents is 2. The zero-order valence-corrected chi connectivity index (χ0v) is 23.8. The number of benzene rings is 1. The fourth-order valence-corrected chi connectivity index (χ4v) is 5.86. The minimum Gasteiger partial charge on any atom is -0.508 e. The zero-order valence-electron chi connectivity index (χ0n) is 22.9. The second kappa shape index (κ2) is 21.5. The number of phenols is 2. The molecule has 0 heterocycles. The lowest BCUT2D eigenvalue weighted by molar-refractivity contribution is 0.436. The maximum atomic E-state index is 10.8. The van der Waals surface area contributed by atoms with Crippen molar-refractivity contribution in [3.8, 4) is 11.5 Å². The Balaban J connectivity index is 2.17. The summed E-state index contributed by atoms with van der Waals surface area (Å²) in [6.45, 7) is 6.46. The maximum Gasteiger partial charge on any atom is 0.132 e. The summed E-state index contributed by atoms with van der Waals surface area (Å²) in [6, 6.07) is 1.79. The molecule has 3 heteroatoms. The molecule has 0 aromatic heterocycles. The lowest BCUT2D eigenvalue weighted by Gasteiger charge is -2.14. The van der Waals surface area contributed by atoms with Crippen LogP contribution >= 0.6 is 11.8 Å². The number of aryl methyl sites for hydroxylation is 1. The van der Waals surface area contributed by atoms with E-state index in [0.29, 0.717) is 11.5 Å². The van der Waals surface area contributed by atoms with Gasteiger partial charge in [0.15, 0.2) is 0 Å². The minimum atomic E-state index is 0.337. The first kappa shape index (κ1) is 31.2. The molecule has 0 aliphatic carbocycles.